The van der Waals surface area contributed by atoms with Crippen molar-refractivity contribution in [2.24, 2.45) is 0 Å². The van der Waals surface area contributed by atoms with Crippen LogP contribution in [0, 0.1) is 0 Å². The van der Waals surface area contributed by atoms with Crippen LogP contribution in [0.3, 0.4) is 0 Å². The van der Waals surface area contributed by atoms with Crippen molar-refractivity contribution in [3.8, 4) is 11.5 Å². The molecule has 0 radical (unpaired) electrons. The first-order chi connectivity index (χ1) is 8.02. The molecule has 1 aromatic heterocycles. The number of aryl methyl sites for hydroxylation is 1. The number of benzene rings is 1. The molecule has 2 aromatic rings. The molecule has 0 amide bonds. The molecule has 2 rings (SSSR count). The summed E-state index contributed by atoms with van der Waals surface area (Å²) in [6, 6.07) is 5.25. The van der Waals surface area contributed by atoms with Crippen LogP contribution in [-0.2, 0) is 12.6 Å². The van der Waals surface area contributed by atoms with Gasteiger partial charge in [0.2, 0.25) is 5.89 Å². The van der Waals surface area contributed by atoms with E-state index in [1.54, 1.807) is 0 Å². The Labute approximate surface area is 96.1 Å². The highest BCUT2D eigenvalue weighted by atomic mass is 19.4. The molecule has 17 heavy (non-hydrogen) atoms. The Balaban J connectivity index is 2.52. The summed E-state index contributed by atoms with van der Waals surface area (Å²) < 4.78 is 43.5. The first kappa shape index (κ1) is 11.7. The van der Waals surface area contributed by atoms with E-state index in [2.05, 4.69) is 4.98 Å². The highest BCUT2D eigenvalue weighted by Gasteiger charge is 2.34. The van der Waals surface area contributed by atoms with Crippen LogP contribution in [0.1, 0.15) is 18.2 Å². The highest BCUT2D eigenvalue weighted by molar-refractivity contribution is 5.59. The number of halogens is 3. The molecule has 0 aliphatic rings. The van der Waals surface area contributed by atoms with E-state index >= 15 is 0 Å². The van der Waals surface area contributed by atoms with E-state index in [0.717, 1.165) is 6.07 Å². The Kier molecular flexibility index (Phi) is 2.92. The maximum atomic E-state index is 12.8. The number of aromatic nitrogens is 1. The summed E-state index contributed by atoms with van der Waals surface area (Å²) in [6.07, 6.45) is -2.36. The first-order valence-corrected chi connectivity index (χ1v) is 5.13. The highest BCUT2D eigenvalue weighted by Crippen LogP contribution is 2.36. The van der Waals surface area contributed by atoms with Gasteiger partial charge in [0.05, 0.1) is 11.8 Å². The van der Waals surface area contributed by atoms with Crippen molar-refractivity contribution in [1.82, 2.24) is 4.98 Å². The van der Waals surface area contributed by atoms with Gasteiger partial charge in [0.25, 0.3) is 0 Å². The van der Waals surface area contributed by atoms with Crippen LogP contribution >= 0.6 is 0 Å². The van der Waals surface area contributed by atoms with Crippen molar-refractivity contribution in [1.29, 1.82) is 0 Å². The van der Waals surface area contributed by atoms with Crippen LogP contribution in [0.25, 0.3) is 11.5 Å². The fourth-order valence-electron chi connectivity index (χ4n) is 1.51. The maximum Gasteiger partial charge on any atom is 0.417 e. The van der Waals surface area contributed by atoms with Crippen LogP contribution in [-0.4, -0.2) is 4.98 Å². The van der Waals surface area contributed by atoms with Gasteiger partial charge in [-0.15, -0.1) is 0 Å². The standard InChI is InChI=1S/C12H10F3NO/c1-2-8-7-16-11(17-8)9-5-3-4-6-10(9)12(13,14)15/h3-7H,2H2,1H3. The molecule has 0 bridgehead atoms. The third kappa shape index (κ3) is 2.33. The van der Waals surface area contributed by atoms with Gasteiger partial charge in [-0.25, -0.2) is 4.98 Å². The van der Waals surface area contributed by atoms with Gasteiger partial charge >= 0.3 is 6.18 Å². The van der Waals surface area contributed by atoms with Gasteiger partial charge in [0.15, 0.2) is 0 Å². The Morgan fingerprint density at radius 1 is 1.24 bits per heavy atom. The van der Waals surface area contributed by atoms with Crippen LogP contribution < -0.4 is 0 Å². The van der Waals surface area contributed by atoms with E-state index in [1.165, 1.54) is 24.4 Å². The van der Waals surface area contributed by atoms with Crippen molar-refractivity contribution in [3.05, 3.63) is 41.8 Å². The van der Waals surface area contributed by atoms with Gasteiger partial charge in [-0.05, 0) is 12.1 Å². The van der Waals surface area contributed by atoms with Gasteiger partial charge in [-0.3, -0.25) is 0 Å². The lowest BCUT2D eigenvalue weighted by atomic mass is 10.1. The van der Waals surface area contributed by atoms with Gasteiger partial charge < -0.3 is 4.42 Å². The van der Waals surface area contributed by atoms with Crippen molar-refractivity contribution in [2.45, 2.75) is 19.5 Å². The monoisotopic (exact) mass is 241 g/mol. The predicted molar refractivity (Wildman–Crippen MR) is 56.3 cm³/mol. The fourth-order valence-corrected chi connectivity index (χ4v) is 1.51. The van der Waals surface area contributed by atoms with Crippen molar-refractivity contribution >= 4 is 0 Å². The molecule has 0 N–H and O–H groups in total. The third-order valence-electron chi connectivity index (χ3n) is 2.36. The lowest BCUT2D eigenvalue weighted by Crippen LogP contribution is -2.06. The summed E-state index contributed by atoms with van der Waals surface area (Å²) in [5.74, 6) is 0.576. The number of oxazole rings is 1. The average Bonchev–Trinajstić information content (AvgIpc) is 2.76. The lowest BCUT2D eigenvalue weighted by molar-refractivity contribution is -0.137. The quantitative estimate of drug-likeness (QED) is 0.796. The molecular weight excluding hydrogens is 231 g/mol. The zero-order chi connectivity index (χ0) is 12.5. The zero-order valence-corrected chi connectivity index (χ0v) is 9.08. The van der Waals surface area contributed by atoms with E-state index in [0.29, 0.717) is 12.2 Å². The lowest BCUT2D eigenvalue weighted by Gasteiger charge is -2.09. The predicted octanol–water partition coefficient (Wildman–Crippen LogP) is 3.92. The molecule has 5 heteroatoms. The second-order valence-electron chi connectivity index (χ2n) is 3.53. The van der Waals surface area contributed by atoms with Gasteiger partial charge in [0.1, 0.15) is 5.76 Å². The molecule has 2 nitrogen and oxygen atoms in total. The SMILES string of the molecule is CCc1cnc(-c2ccccc2C(F)(F)F)o1. The Hall–Kier alpha value is -1.78. The summed E-state index contributed by atoms with van der Waals surface area (Å²) in [5, 5.41) is 0. The number of hydrogen-bond donors (Lipinski definition) is 0. The Morgan fingerprint density at radius 2 is 1.94 bits per heavy atom. The van der Waals surface area contributed by atoms with Crippen LogP contribution in [0.4, 0.5) is 13.2 Å². The average molecular weight is 241 g/mol. The van der Waals surface area contributed by atoms with E-state index in [-0.39, 0.29) is 11.5 Å². The van der Waals surface area contributed by atoms with Crippen LogP contribution in [0.15, 0.2) is 34.9 Å². The summed E-state index contributed by atoms with van der Waals surface area (Å²) in [4.78, 5) is 3.86. The second kappa shape index (κ2) is 4.24. The molecule has 0 saturated heterocycles. The molecule has 0 atom stereocenters. The smallest absolute Gasteiger partial charge is 0.417 e. The second-order valence-corrected chi connectivity index (χ2v) is 3.53. The molecule has 0 saturated carbocycles. The molecule has 0 unspecified atom stereocenters. The maximum absolute atomic E-state index is 12.8. The topological polar surface area (TPSA) is 26.0 Å². The molecule has 0 aliphatic heterocycles. The summed E-state index contributed by atoms with van der Waals surface area (Å²) in [5.41, 5.74) is -0.760. The Bertz CT molecular complexity index is 516. The number of rotatable bonds is 2. The largest absolute Gasteiger partial charge is 0.441 e. The summed E-state index contributed by atoms with van der Waals surface area (Å²) >= 11 is 0. The van der Waals surface area contributed by atoms with Gasteiger partial charge in [0, 0.05) is 12.0 Å². The van der Waals surface area contributed by atoms with Gasteiger partial charge in [-0.1, -0.05) is 19.1 Å². The molecule has 0 spiro atoms. The van der Waals surface area contributed by atoms with E-state index in [1.807, 2.05) is 6.92 Å². The number of hydrogen-bond acceptors (Lipinski definition) is 2. The van der Waals surface area contributed by atoms with E-state index in [4.69, 9.17) is 4.42 Å². The third-order valence-corrected chi connectivity index (χ3v) is 2.36. The summed E-state index contributed by atoms with van der Waals surface area (Å²) in [7, 11) is 0. The molecule has 0 fully saturated rings. The van der Waals surface area contributed by atoms with Crippen LogP contribution in [0.5, 0.6) is 0 Å². The van der Waals surface area contributed by atoms with Crippen LogP contribution in [0.2, 0.25) is 0 Å². The number of nitrogens with zero attached hydrogens (tertiary/aromatic N) is 1. The molecule has 1 heterocycles. The Morgan fingerprint density at radius 3 is 2.53 bits per heavy atom. The molecule has 0 aliphatic carbocycles. The molecule has 1 aromatic carbocycles. The normalized spacial score (nSPS) is 11.8. The first-order valence-electron chi connectivity index (χ1n) is 5.13. The zero-order valence-electron chi connectivity index (χ0n) is 9.08. The van der Waals surface area contributed by atoms with Crippen molar-refractivity contribution in [2.75, 3.05) is 0 Å². The molecular formula is C12H10F3NO. The molecule has 90 valence electrons. The van der Waals surface area contributed by atoms with Crippen molar-refractivity contribution < 1.29 is 17.6 Å². The van der Waals surface area contributed by atoms with E-state index in [9.17, 15) is 13.2 Å². The fraction of sp³-hybridized carbons (Fsp3) is 0.250. The minimum Gasteiger partial charge on any atom is -0.441 e. The summed E-state index contributed by atoms with van der Waals surface area (Å²) in [6.45, 7) is 1.85. The van der Waals surface area contributed by atoms with Gasteiger partial charge in [-0.2, -0.15) is 13.2 Å². The van der Waals surface area contributed by atoms with E-state index < -0.39 is 11.7 Å². The van der Waals surface area contributed by atoms with Crippen molar-refractivity contribution in [3.63, 3.8) is 0 Å². The minimum atomic E-state index is -4.41. The number of alkyl halides is 3. The minimum absolute atomic E-state index is 0.00905.